The van der Waals surface area contributed by atoms with Crippen LogP contribution in [0.3, 0.4) is 0 Å². The number of primary amides is 1. The van der Waals surface area contributed by atoms with Crippen LogP contribution in [0, 0.1) is 17.8 Å². The molecule has 2 aliphatic heterocycles. The molecule has 3 aliphatic carbocycles. The fourth-order valence-corrected chi connectivity index (χ4v) is 9.09. The first-order chi connectivity index (χ1) is 22.2. The lowest BCUT2D eigenvalue weighted by Crippen LogP contribution is -2.55. The molecule has 256 valence electrons. The number of hydrogen-bond acceptors (Lipinski definition) is 11. The molecule has 12 nitrogen and oxygen atoms in total. The number of amides is 1. The summed E-state index contributed by atoms with van der Waals surface area (Å²) in [6, 6.07) is 1.71. The molecule has 12 heteroatoms. The third kappa shape index (κ3) is 5.72. The molecule has 47 heavy (non-hydrogen) atoms. The quantitative estimate of drug-likeness (QED) is 0.263. The SMILES string of the molecule is CC1CN(C2CCN(Cc3cc(N(C)C)c4c(c3O)C(O)=C3C(=O)C5C(=O)C(C(N)=O)=C(O)[C@@H](N(C)C)C5CC3C4)CC2)CC(C)O1. The molecule has 2 saturated heterocycles. The summed E-state index contributed by atoms with van der Waals surface area (Å²) in [5, 5.41) is 34.5. The third-order valence-electron chi connectivity index (χ3n) is 11.0. The molecule has 0 bridgehead atoms. The van der Waals surface area contributed by atoms with Gasteiger partial charge < -0.3 is 30.7 Å². The van der Waals surface area contributed by atoms with Gasteiger partial charge in [-0.25, -0.2) is 0 Å². The van der Waals surface area contributed by atoms with Gasteiger partial charge in [-0.15, -0.1) is 0 Å². The van der Waals surface area contributed by atoms with E-state index in [9.17, 15) is 29.7 Å². The van der Waals surface area contributed by atoms with Crippen LogP contribution >= 0.6 is 0 Å². The van der Waals surface area contributed by atoms with E-state index in [0.717, 1.165) is 50.3 Å². The summed E-state index contributed by atoms with van der Waals surface area (Å²) in [5.74, 6) is -5.59. The highest BCUT2D eigenvalue weighted by Gasteiger charge is 2.56. The molecule has 0 aromatic heterocycles. The van der Waals surface area contributed by atoms with E-state index in [2.05, 4.69) is 23.6 Å². The molecule has 3 fully saturated rings. The van der Waals surface area contributed by atoms with Crippen molar-refractivity contribution in [2.45, 2.75) is 70.4 Å². The van der Waals surface area contributed by atoms with Gasteiger partial charge in [0.2, 0.25) is 0 Å². The molecule has 5 unspecified atom stereocenters. The topological polar surface area (TPSA) is 160 Å². The van der Waals surface area contributed by atoms with Crippen molar-refractivity contribution in [1.29, 1.82) is 0 Å². The lowest BCUT2D eigenvalue weighted by Gasteiger charge is -2.46. The predicted octanol–water partition coefficient (Wildman–Crippen LogP) is 1.99. The number of phenols is 1. The Kier molecular flexibility index (Phi) is 8.92. The number of Topliss-reactive ketones (excluding diaryl/α,β-unsaturated/α-hetero) is 2. The van der Waals surface area contributed by atoms with Gasteiger partial charge in [-0.3, -0.25) is 29.1 Å². The highest BCUT2D eigenvalue weighted by atomic mass is 16.5. The minimum atomic E-state index is -1.27. The smallest absolute Gasteiger partial charge is 0.255 e. The highest BCUT2D eigenvalue weighted by Crippen LogP contribution is 2.52. The number of aliphatic hydroxyl groups is 2. The number of benzene rings is 1. The Labute approximate surface area is 276 Å². The van der Waals surface area contributed by atoms with Crippen molar-refractivity contribution in [3.63, 3.8) is 0 Å². The second-order valence-electron chi connectivity index (χ2n) is 14.7. The van der Waals surface area contributed by atoms with Gasteiger partial charge in [-0.05, 0) is 90.2 Å². The van der Waals surface area contributed by atoms with Crippen LogP contribution in [0.1, 0.15) is 49.8 Å². The van der Waals surface area contributed by atoms with Crippen molar-refractivity contribution in [1.82, 2.24) is 14.7 Å². The molecule has 0 radical (unpaired) electrons. The minimum absolute atomic E-state index is 0.0570. The van der Waals surface area contributed by atoms with Gasteiger partial charge in [0.15, 0.2) is 11.6 Å². The number of ether oxygens (including phenoxy) is 1. The van der Waals surface area contributed by atoms with Crippen molar-refractivity contribution >= 4 is 28.9 Å². The zero-order valence-corrected chi connectivity index (χ0v) is 28.3. The van der Waals surface area contributed by atoms with E-state index in [1.165, 1.54) is 0 Å². The molecule has 1 aromatic rings. The maximum absolute atomic E-state index is 14.2. The second kappa shape index (κ2) is 12.5. The summed E-state index contributed by atoms with van der Waals surface area (Å²) < 4.78 is 5.93. The van der Waals surface area contributed by atoms with Crippen LogP contribution in [0.25, 0.3) is 5.76 Å². The van der Waals surface area contributed by atoms with Crippen molar-refractivity contribution in [2.75, 3.05) is 59.3 Å². The minimum Gasteiger partial charge on any atom is -0.510 e. The number of allylic oxidation sites excluding steroid dienone is 1. The van der Waals surface area contributed by atoms with E-state index < -0.39 is 52.6 Å². The van der Waals surface area contributed by atoms with Gasteiger partial charge in [0.05, 0.1) is 29.7 Å². The number of aliphatic hydroxyl groups excluding tert-OH is 2. The largest absolute Gasteiger partial charge is 0.510 e. The lowest BCUT2D eigenvalue weighted by molar-refractivity contribution is -0.136. The number of ketones is 2. The van der Waals surface area contributed by atoms with Gasteiger partial charge in [0.25, 0.3) is 5.91 Å². The number of likely N-dealkylation sites (tertiary alicyclic amines) is 1. The monoisotopic (exact) mass is 651 g/mol. The predicted molar refractivity (Wildman–Crippen MR) is 177 cm³/mol. The average Bonchev–Trinajstić information content (AvgIpc) is 2.97. The normalized spacial score (nSPS) is 30.8. The number of phenolic OH excluding ortho intramolecular Hbond substituents is 1. The maximum atomic E-state index is 14.2. The van der Waals surface area contributed by atoms with E-state index in [0.29, 0.717) is 31.0 Å². The first-order valence-corrected chi connectivity index (χ1v) is 16.8. The number of piperidine rings is 1. The molecule has 6 rings (SSSR count). The Morgan fingerprint density at radius 1 is 1.02 bits per heavy atom. The van der Waals surface area contributed by atoms with Crippen molar-refractivity contribution in [2.24, 2.45) is 23.5 Å². The first-order valence-electron chi connectivity index (χ1n) is 16.8. The maximum Gasteiger partial charge on any atom is 0.255 e. The number of nitrogens with zero attached hydrogens (tertiary/aromatic N) is 4. The average molecular weight is 652 g/mol. The molecular weight excluding hydrogens is 602 g/mol. The number of hydrogen-bond donors (Lipinski definition) is 4. The van der Waals surface area contributed by atoms with Crippen LogP contribution in [-0.2, 0) is 32.1 Å². The number of aromatic hydroxyl groups is 1. The number of nitrogens with two attached hydrogens (primary N) is 1. The first kappa shape index (κ1) is 33.5. The number of fused-ring (bicyclic) bond motifs is 3. The van der Waals surface area contributed by atoms with E-state index >= 15 is 0 Å². The van der Waals surface area contributed by atoms with Gasteiger partial charge in [0.1, 0.15) is 22.8 Å². The molecule has 6 atom stereocenters. The number of carbonyl (C=O) groups is 3. The summed E-state index contributed by atoms with van der Waals surface area (Å²) >= 11 is 0. The zero-order valence-electron chi connectivity index (χ0n) is 28.3. The van der Waals surface area contributed by atoms with Crippen LogP contribution in [0.5, 0.6) is 5.75 Å². The molecular formula is C35H49N5O7. The number of morpholine rings is 1. The van der Waals surface area contributed by atoms with Crippen molar-refractivity contribution < 1.29 is 34.4 Å². The summed E-state index contributed by atoms with van der Waals surface area (Å²) in [4.78, 5) is 48.5. The molecule has 5 aliphatic rings. The molecule has 5 N–H and O–H groups in total. The van der Waals surface area contributed by atoms with Gasteiger partial charge in [-0.1, -0.05) is 0 Å². The van der Waals surface area contributed by atoms with Crippen LogP contribution < -0.4 is 10.6 Å². The standard InChI is InChI=1S/C35H49N5O7/c1-17-14-40(15-18(2)47-17)21-7-9-39(10-8-21)16-20-13-24(37(3)4)22-11-19-12-23-27(32(43)25(19)31(42)26(22)30(20)41)33(44)28(35(36)46)34(45)29(23)38(5)6/h13,17-19,21,23,27,29,41-42,45H,7-12,14-16H2,1-6H3,(H2,36,46)/t17?,18?,19?,23?,27?,29-/m0/s1. The Hall–Kier alpha value is -3.45. The second-order valence-corrected chi connectivity index (χ2v) is 14.7. The Bertz CT molecular complexity index is 1530. The molecule has 1 amide bonds. The van der Waals surface area contributed by atoms with Crippen molar-refractivity contribution in [3.8, 4) is 5.75 Å². The molecule has 1 aromatic carbocycles. The van der Waals surface area contributed by atoms with Gasteiger partial charge >= 0.3 is 0 Å². The van der Waals surface area contributed by atoms with Gasteiger partial charge in [-0.2, -0.15) is 0 Å². The number of rotatable bonds is 6. The number of likely N-dealkylation sites (N-methyl/N-ethyl adjacent to an activating group) is 1. The zero-order chi connectivity index (χ0) is 34.1. The Morgan fingerprint density at radius 2 is 1.66 bits per heavy atom. The van der Waals surface area contributed by atoms with E-state index in [-0.39, 0.29) is 34.9 Å². The highest BCUT2D eigenvalue weighted by molar-refractivity contribution is 6.28. The van der Waals surface area contributed by atoms with Crippen LogP contribution in [0.15, 0.2) is 23.0 Å². The summed E-state index contributed by atoms with van der Waals surface area (Å²) in [6.45, 7) is 8.34. The van der Waals surface area contributed by atoms with Crippen LogP contribution in [-0.4, -0.2) is 126 Å². The van der Waals surface area contributed by atoms with Crippen LogP contribution in [0.4, 0.5) is 5.69 Å². The van der Waals surface area contributed by atoms with E-state index in [1.54, 1.807) is 19.0 Å². The Morgan fingerprint density at radius 3 is 2.23 bits per heavy atom. The summed E-state index contributed by atoms with van der Waals surface area (Å²) in [5.41, 5.74) is 7.52. The molecule has 2 heterocycles. The van der Waals surface area contributed by atoms with Crippen molar-refractivity contribution in [3.05, 3.63) is 39.7 Å². The molecule has 1 saturated carbocycles. The van der Waals surface area contributed by atoms with Gasteiger partial charge in [0, 0.05) is 56.6 Å². The van der Waals surface area contributed by atoms with E-state index in [4.69, 9.17) is 10.5 Å². The number of carbonyl (C=O) groups excluding carboxylic acids is 3. The fraction of sp³-hybridized carbons (Fsp3) is 0.629. The lowest BCUT2D eigenvalue weighted by atomic mass is 9.59. The summed E-state index contributed by atoms with van der Waals surface area (Å²) in [6.07, 6.45) is 3.16. The number of anilines is 1. The fourth-order valence-electron chi connectivity index (χ4n) is 9.09. The summed E-state index contributed by atoms with van der Waals surface area (Å²) in [7, 11) is 7.26. The third-order valence-corrected chi connectivity index (χ3v) is 11.0. The Balaban J connectivity index is 1.31. The van der Waals surface area contributed by atoms with Crippen LogP contribution in [0.2, 0.25) is 0 Å². The van der Waals surface area contributed by atoms with E-state index in [1.807, 2.05) is 25.1 Å². The molecule has 0 spiro atoms.